The highest BCUT2D eigenvalue weighted by Gasteiger charge is 2.16. The molecule has 5 nitrogen and oxygen atoms in total. The molecule has 0 saturated carbocycles. The summed E-state index contributed by atoms with van der Waals surface area (Å²) in [5, 5.41) is 24.2. The molecule has 0 spiro atoms. The van der Waals surface area contributed by atoms with Crippen LogP contribution in [0.15, 0.2) is 42.6 Å². The van der Waals surface area contributed by atoms with Crippen molar-refractivity contribution in [3.8, 4) is 11.5 Å². The van der Waals surface area contributed by atoms with Gasteiger partial charge in [-0.3, -0.25) is 4.98 Å². The first-order chi connectivity index (χ1) is 12.3. The summed E-state index contributed by atoms with van der Waals surface area (Å²) in [6, 6.07) is 11.8. The van der Waals surface area contributed by atoms with Gasteiger partial charge >= 0.3 is 0 Å². The second-order valence-corrected chi connectivity index (χ2v) is 6.17. The first-order valence-electron chi connectivity index (χ1n) is 8.07. The molecule has 0 atom stereocenters. The molecule has 25 heavy (non-hydrogen) atoms. The van der Waals surface area contributed by atoms with Crippen LogP contribution in [-0.2, 0) is 13.2 Å². The summed E-state index contributed by atoms with van der Waals surface area (Å²) in [6.45, 7) is 0.00972. The lowest BCUT2D eigenvalue weighted by atomic mass is 9.97. The van der Waals surface area contributed by atoms with Gasteiger partial charge in [-0.05, 0) is 51.6 Å². The minimum atomic E-state index is -0.118. The third-order valence-electron chi connectivity index (χ3n) is 4.84. The zero-order chi connectivity index (χ0) is 17.0. The molecule has 0 aliphatic carbocycles. The fourth-order valence-electron chi connectivity index (χ4n) is 3.54. The fraction of sp³-hybridized carbons (Fsp3) is 0.150. The predicted octanol–water partition coefficient (Wildman–Crippen LogP) is 3.25. The Balaban J connectivity index is 1.88. The van der Waals surface area contributed by atoms with Crippen molar-refractivity contribution in [1.29, 1.82) is 0 Å². The number of aliphatic hydroxyl groups is 2. The van der Waals surface area contributed by atoms with E-state index in [4.69, 9.17) is 9.47 Å². The van der Waals surface area contributed by atoms with Crippen molar-refractivity contribution in [2.24, 2.45) is 0 Å². The normalized spacial score (nSPS) is 13.2. The molecule has 1 aliphatic heterocycles. The minimum Gasteiger partial charge on any atom is -0.454 e. The van der Waals surface area contributed by atoms with Crippen LogP contribution in [0.2, 0.25) is 0 Å². The van der Waals surface area contributed by atoms with Crippen molar-refractivity contribution in [3.63, 3.8) is 0 Å². The monoisotopic (exact) mass is 333 g/mol. The van der Waals surface area contributed by atoms with Crippen molar-refractivity contribution < 1.29 is 19.7 Å². The van der Waals surface area contributed by atoms with E-state index in [1.165, 1.54) is 0 Å². The van der Waals surface area contributed by atoms with Crippen LogP contribution >= 0.6 is 0 Å². The summed E-state index contributed by atoms with van der Waals surface area (Å²) in [4.78, 5) is 4.57. The number of benzene rings is 3. The molecule has 1 aliphatic rings. The van der Waals surface area contributed by atoms with E-state index in [1.54, 1.807) is 0 Å². The largest absolute Gasteiger partial charge is 0.454 e. The SMILES string of the molecule is OCc1cc2ncc3c4cc5c(cc4ccc3c2cc1CO)OCO5. The predicted molar refractivity (Wildman–Crippen MR) is 94.7 cm³/mol. The van der Waals surface area contributed by atoms with Gasteiger partial charge in [0, 0.05) is 17.0 Å². The van der Waals surface area contributed by atoms with Crippen LogP contribution in [0.25, 0.3) is 32.4 Å². The molecule has 3 aromatic carbocycles. The summed E-state index contributed by atoms with van der Waals surface area (Å²) in [5.41, 5.74) is 2.22. The van der Waals surface area contributed by atoms with Gasteiger partial charge in [-0.25, -0.2) is 0 Å². The van der Waals surface area contributed by atoms with Crippen molar-refractivity contribution in [3.05, 3.63) is 53.7 Å². The quantitative estimate of drug-likeness (QED) is 0.551. The zero-order valence-corrected chi connectivity index (χ0v) is 13.3. The number of pyridine rings is 1. The second-order valence-electron chi connectivity index (χ2n) is 6.17. The maximum absolute atomic E-state index is 9.60. The number of ether oxygens (including phenoxy) is 2. The number of aliphatic hydroxyl groups excluding tert-OH is 2. The lowest BCUT2D eigenvalue weighted by Crippen LogP contribution is -1.95. The fourth-order valence-corrected chi connectivity index (χ4v) is 3.54. The molecule has 5 heteroatoms. The summed E-state index contributed by atoms with van der Waals surface area (Å²) in [6.07, 6.45) is 1.85. The highest BCUT2D eigenvalue weighted by Crippen LogP contribution is 2.39. The smallest absolute Gasteiger partial charge is 0.231 e. The van der Waals surface area contributed by atoms with E-state index in [0.717, 1.165) is 49.5 Å². The Morgan fingerprint density at radius 1 is 0.800 bits per heavy atom. The maximum Gasteiger partial charge on any atom is 0.231 e. The molecule has 4 aromatic rings. The van der Waals surface area contributed by atoms with Gasteiger partial charge in [-0.15, -0.1) is 0 Å². The molecule has 0 unspecified atom stereocenters. The van der Waals surface area contributed by atoms with E-state index in [-0.39, 0.29) is 20.0 Å². The summed E-state index contributed by atoms with van der Waals surface area (Å²) < 4.78 is 11.0. The van der Waals surface area contributed by atoms with Crippen LogP contribution in [0.5, 0.6) is 11.5 Å². The van der Waals surface area contributed by atoms with E-state index in [0.29, 0.717) is 5.56 Å². The van der Waals surface area contributed by atoms with Gasteiger partial charge in [0.1, 0.15) is 0 Å². The average Bonchev–Trinajstić information content (AvgIpc) is 3.11. The molecule has 0 bridgehead atoms. The molecule has 0 saturated heterocycles. The van der Waals surface area contributed by atoms with Crippen LogP contribution in [0.1, 0.15) is 11.1 Å². The number of aromatic nitrogens is 1. The van der Waals surface area contributed by atoms with Crippen LogP contribution in [-0.4, -0.2) is 22.0 Å². The van der Waals surface area contributed by atoms with Crippen molar-refractivity contribution in [2.75, 3.05) is 6.79 Å². The van der Waals surface area contributed by atoms with Gasteiger partial charge in [-0.2, -0.15) is 0 Å². The average molecular weight is 333 g/mol. The lowest BCUT2D eigenvalue weighted by Gasteiger charge is -2.11. The topological polar surface area (TPSA) is 71.8 Å². The Hall–Kier alpha value is -2.89. The lowest BCUT2D eigenvalue weighted by molar-refractivity contribution is 0.174. The van der Waals surface area contributed by atoms with Crippen LogP contribution in [0, 0.1) is 0 Å². The molecule has 0 radical (unpaired) electrons. The highest BCUT2D eigenvalue weighted by molar-refractivity contribution is 6.16. The van der Waals surface area contributed by atoms with Gasteiger partial charge in [0.15, 0.2) is 11.5 Å². The van der Waals surface area contributed by atoms with Gasteiger partial charge in [-0.1, -0.05) is 12.1 Å². The molecule has 124 valence electrons. The summed E-state index contributed by atoms with van der Waals surface area (Å²) >= 11 is 0. The molecular weight excluding hydrogens is 318 g/mol. The first kappa shape index (κ1) is 14.5. The number of fused-ring (bicyclic) bond motifs is 6. The van der Waals surface area contributed by atoms with Gasteiger partial charge in [0.25, 0.3) is 0 Å². The van der Waals surface area contributed by atoms with E-state index in [1.807, 2.05) is 30.5 Å². The summed E-state index contributed by atoms with van der Waals surface area (Å²) in [7, 11) is 0. The Bertz CT molecular complexity index is 1150. The van der Waals surface area contributed by atoms with Gasteiger partial charge in [0.05, 0.1) is 18.7 Å². The standard InChI is InChI=1S/C20H15NO4/c22-8-12-3-16-14-2-1-11-5-19-20(25-10-24-19)6-15(11)17(14)7-21-18(16)4-13(12)9-23/h1-7,22-23H,8-10H2. The van der Waals surface area contributed by atoms with Crippen LogP contribution in [0.3, 0.4) is 0 Å². The molecule has 1 aromatic heterocycles. The molecule has 2 heterocycles. The summed E-state index contributed by atoms with van der Waals surface area (Å²) in [5.74, 6) is 1.50. The van der Waals surface area contributed by atoms with Crippen LogP contribution in [0.4, 0.5) is 0 Å². The number of hydrogen-bond donors (Lipinski definition) is 2. The Morgan fingerprint density at radius 3 is 2.36 bits per heavy atom. The zero-order valence-electron chi connectivity index (χ0n) is 13.3. The van der Waals surface area contributed by atoms with E-state index in [2.05, 4.69) is 17.1 Å². The molecule has 0 amide bonds. The van der Waals surface area contributed by atoms with Crippen LogP contribution < -0.4 is 9.47 Å². The van der Waals surface area contributed by atoms with Crippen molar-refractivity contribution >= 4 is 32.4 Å². The van der Waals surface area contributed by atoms with Gasteiger partial charge < -0.3 is 19.7 Å². The third-order valence-corrected chi connectivity index (χ3v) is 4.84. The van der Waals surface area contributed by atoms with Crippen molar-refractivity contribution in [1.82, 2.24) is 4.98 Å². The van der Waals surface area contributed by atoms with E-state index >= 15 is 0 Å². The maximum atomic E-state index is 9.60. The first-order valence-corrected chi connectivity index (χ1v) is 8.07. The van der Waals surface area contributed by atoms with Crippen molar-refractivity contribution in [2.45, 2.75) is 13.2 Å². The molecular formula is C20H15NO4. The third kappa shape index (κ3) is 2.06. The molecule has 2 N–H and O–H groups in total. The van der Waals surface area contributed by atoms with E-state index in [9.17, 15) is 10.2 Å². The Kier molecular flexibility index (Phi) is 3.07. The minimum absolute atomic E-state index is 0.117. The molecule has 5 rings (SSSR count). The Morgan fingerprint density at radius 2 is 1.56 bits per heavy atom. The number of rotatable bonds is 2. The van der Waals surface area contributed by atoms with E-state index < -0.39 is 0 Å². The Labute approximate surface area is 143 Å². The number of hydrogen-bond acceptors (Lipinski definition) is 5. The van der Waals surface area contributed by atoms with Gasteiger partial charge in [0.2, 0.25) is 6.79 Å². The molecule has 0 fully saturated rings. The number of nitrogens with zero attached hydrogens (tertiary/aromatic N) is 1. The highest BCUT2D eigenvalue weighted by atomic mass is 16.7. The second kappa shape index (κ2) is 5.31.